The third-order valence-corrected chi connectivity index (χ3v) is 4.89. The van der Waals surface area contributed by atoms with Crippen molar-refractivity contribution in [3.63, 3.8) is 0 Å². The Balaban J connectivity index is 1.88. The molecule has 0 aromatic carbocycles. The first-order valence-corrected chi connectivity index (χ1v) is 8.43. The van der Waals surface area contributed by atoms with E-state index in [1.807, 2.05) is 17.9 Å². The number of rotatable bonds is 7. The van der Waals surface area contributed by atoms with Crippen LogP contribution in [0.2, 0.25) is 0 Å². The van der Waals surface area contributed by atoms with Gasteiger partial charge in [-0.25, -0.2) is 0 Å². The van der Waals surface area contributed by atoms with Gasteiger partial charge in [-0.3, -0.25) is 4.68 Å². The lowest BCUT2D eigenvalue weighted by Gasteiger charge is -2.36. The third kappa shape index (κ3) is 4.34. The topological polar surface area (TPSA) is 29.9 Å². The van der Waals surface area contributed by atoms with Gasteiger partial charge in [-0.1, -0.05) is 20.3 Å². The summed E-state index contributed by atoms with van der Waals surface area (Å²) in [6.07, 6.45) is 13.5. The standard InChI is InChI=1S/C17H31N3/c1-4-10-18-17-9-7-14(5-2)11-16(17)8-6-15-12-19-20(3)13-15/h12-14,16-18H,4-11H2,1-3H3. The molecule has 0 amide bonds. The van der Waals surface area contributed by atoms with E-state index in [1.165, 1.54) is 57.1 Å². The molecule has 1 saturated carbocycles. The zero-order valence-corrected chi connectivity index (χ0v) is 13.4. The fourth-order valence-electron chi connectivity index (χ4n) is 3.60. The first-order chi connectivity index (χ1) is 9.72. The maximum atomic E-state index is 4.28. The molecule has 3 nitrogen and oxygen atoms in total. The van der Waals surface area contributed by atoms with Crippen molar-refractivity contribution >= 4 is 0 Å². The van der Waals surface area contributed by atoms with Crippen LogP contribution in [0.25, 0.3) is 0 Å². The molecule has 1 N–H and O–H groups in total. The van der Waals surface area contributed by atoms with Crippen molar-refractivity contribution in [1.29, 1.82) is 0 Å². The van der Waals surface area contributed by atoms with Crippen LogP contribution in [0.3, 0.4) is 0 Å². The molecular formula is C17H31N3. The summed E-state index contributed by atoms with van der Waals surface area (Å²) in [6, 6.07) is 0.745. The van der Waals surface area contributed by atoms with Crippen molar-refractivity contribution in [2.45, 2.75) is 64.8 Å². The lowest BCUT2D eigenvalue weighted by atomic mass is 9.75. The number of nitrogens with one attached hydrogen (secondary N) is 1. The second kappa shape index (κ2) is 7.82. The van der Waals surface area contributed by atoms with Gasteiger partial charge in [-0.05, 0) is 62.5 Å². The van der Waals surface area contributed by atoms with E-state index in [0.29, 0.717) is 0 Å². The second-order valence-corrected chi connectivity index (χ2v) is 6.47. The van der Waals surface area contributed by atoms with Crippen LogP contribution < -0.4 is 5.32 Å². The SMILES string of the molecule is CCCNC1CCC(CC)CC1CCc1cnn(C)c1. The Kier molecular flexibility index (Phi) is 6.08. The molecular weight excluding hydrogens is 246 g/mol. The fourth-order valence-corrected chi connectivity index (χ4v) is 3.60. The van der Waals surface area contributed by atoms with Gasteiger partial charge in [0.05, 0.1) is 6.20 Å². The van der Waals surface area contributed by atoms with Gasteiger partial charge in [0.1, 0.15) is 0 Å². The summed E-state index contributed by atoms with van der Waals surface area (Å²) in [7, 11) is 2.00. The van der Waals surface area contributed by atoms with Crippen LogP contribution in [0.5, 0.6) is 0 Å². The van der Waals surface area contributed by atoms with E-state index in [0.717, 1.165) is 17.9 Å². The van der Waals surface area contributed by atoms with Crippen molar-refractivity contribution in [2.24, 2.45) is 18.9 Å². The number of hydrogen-bond acceptors (Lipinski definition) is 2. The van der Waals surface area contributed by atoms with Crippen molar-refractivity contribution in [3.8, 4) is 0 Å². The van der Waals surface area contributed by atoms with Gasteiger partial charge < -0.3 is 5.32 Å². The highest BCUT2D eigenvalue weighted by Gasteiger charge is 2.28. The summed E-state index contributed by atoms with van der Waals surface area (Å²) in [4.78, 5) is 0. The monoisotopic (exact) mass is 277 g/mol. The molecule has 1 fully saturated rings. The molecule has 1 heterocycles. The number of aryl methyl sites for hydroxylation is 2. The summed E-state index contributed by atoms with van der Waals surface area (Å²) in [5.74, 6) is 1.80. The molecule has 3 heteroatoms. The lowest BCUT2D eigenvalue weighted by molar-refractivity contribution is 0.190. The van der Waals surface area contributed by atoms with Crippen LogP contribution in [0, 0.1) is 11.8 Å². The van der Waals surface area contributed by atoms with Crippen LogP contribution in [-0.2, 0) is 13.5 Å². The molecule has 0 bridgehead atoms. The van der Waals surface area contributed by atoms with E-state index in [2.05, 4.69) is 30.5 Å². The average molecular weight is 277 g/mol. The van der Waals surface area contributed by atoms with E-state index in [1.54, 1.807) is 0 Å². The molecule has 3 unspecified atom stereocenters. The Labute approximate surface area is 124 Å². The highest BCUT2D eigenvalue weighted by molar-refractivity contribution is 5.04. The lowest BCUT2D eigenvalue weighted by Crippen LogP contribution is -2.41. The Hall–Kier alpha value is -0.830. The number of hydrogen-bond donors (Lipinski definition) is 1. The van der Waals surface area contributed by atoms with Gasteiger partial charge in [0, 0.05) is 19.3 Å². The number of aromatic nitrogens is 2. The van der Waals surface area contributed by atoms with E-state index < -0.39 is 0 Å². The Bertz CT molecular complexity index is 385. The molecule has 1 aromatic heterocycles. The molecule has 3 atom stereocenters. The smallest absolute Gasteiger partial charge is 0.0521 e. The Morgan fingerprint density at radius 1 is 1.35 bits per heavy atom. The minimum atomic E-state index is 0.745. The predicted octanol–water partition coefficient (Wildman–Crippen LogP) is 3.55. The van der Waals surface area contributed by atoms with Crippen molar-refractivity contribution in [3.05, 3.63) is 18.0 Å². The van der Waals surface area contributed by atoms with Gasteiger partial charge in [-0.15, -0.1) is 0 Å². The van der Waals surface area contributed by atoms with Gasteiger partial charge in [0.15, 0.2) is 0 Å². The average Bonchev–Trinajstić information content (AvgIpc) is 2.89. The molecule has 1 aromatic rings. The summed E-state index contributed by atoms with van der Waals surface area (Å²) >= 11 is 0. The van der Waals surface area contributed by atoms with Crippen LogP contribution >= 0.6 is 0 Å². The van der Waals surface area contributed by atoms with Crippen molar-refractivity contribution in [1.82, 2.24) is 15.1 Å². The first kappa shape index (κ1) is 15.6. The van der Waals surface area contributed by atoms with Crippen LogP contribution in [0.15, 0.2) is 12.4 Å². The minimum Gasteiger partial charge on any atom is -0.314 e. The van der Waals surface area contributed by atoms with Gasteiger partial charge in [0.25, 0.3) is 0 Å². The second-order valence-electron chi connectivity index (χ2n) is 6.47. The molecule has 2 rings (SSSR count). The summed E-state index contributed by atoms with van der Waals surface area (Å²) in [6.45, 7) is 5.78. The molecule has 1 aliphatic rings. The Morgan fingerprint density at radius 3 is 2.85 bits per heavy atom. The maximum absolute atomic E-state index is 4.28. The zero-order valence-electron chi connectivity index (χ0n) is 13.4. The van der Waals surface area contributed by atoms with Crippen LogP contribution in [0.4, 0.5) is 0 Å². The molecule has 0 radical (unpaired) electrons. The van der Waals surface area contributed by atoms with Gasteiger partial charge in [0.2, 0.25) is 0 Å². The van der Waals surface area contributed by atoms with Gasteiger partial charge in [-0.2, -0.15) is 5.10 Å². The molecule has 114 valence electrons. The molecule has 20 heavy (non-hydrogen) atoms. The summed E-state index contributed by atoms with van der Waals surface area (Å²) in [5.41, 5.74) is 1.39. The highest BCUT2D eigenvalue weighted by Crippen LogP contribution is 2.34. The molecule has 1 aliphatic carbocycles. The summed E-state index contributed by atoms with van der Waals surface area (Å²) in [5, 5.41) is 8.07. The fraction of sp³-hybridized carbons (Fsp3) is 0.824. The van der Waals surface area contributed by atoms with Gasteiger partial charge >= 0.3 is 0 Å². The first-order valence-electron chi connectivity index (χ1n) is 8.43. The van der Waals surface area contributed by atoms with Crippen LogP contribution in [-0.4, -0.2) is 22.4 Å². The normalized spacial score (nSPS) is 26.9. The zero-order chi connectivity index (χ0) is 14.4. The predicted molar refractivity (Wildman–Crippen MR) is 84.7 cm³/mol. The van der Waals surface area contributed by atoms with E-state index >= 15 is 0 Å². The molecule has 0 saturated heterocycles. The van der Waals surface area contributed by atoms with E-state index in [-0.39, 0.29) is 0 Å². The van der Waals surface area contributed by atoms with Crippen molar-refractivity contribution < 1.29 is 0 Å². The largest absolute Gasteiger partial charge is 0.314 e. The van der Waals surface area contributed by atoms with Crippen LogP contribution in [0.1, 0.15) is 57.9 Å². The van der Waals surface area contributed by atoms with E-state index in [9.17, 15) is 0 Å². The third-order valence-electron chi connectivity index (χ3n) is 4.89. The Morgan fingerprint density at radius 2 is 2.20 bits per heavy atom. The van der Waals surface area contributed by atoms with Crippen molar-refractivity contribution in [2.75, 3.05) is 6.54 Å². The molecule has 0 aliphatic heterocycles. The molecule has 0 spiro atoms. The quantitative estimate of drug-likeness (QED) is 0.826. The van der Waals surface area contributed by atoms with E-state index in [4.69, 9.17) is 0 Å². The number of nitrogens with zero attached hydrogens (tertiary/aromatic N) is 2. The maximum Gasteiger partial charge on any atom is 0.0521 e. The minimum absolute atomic E-state index is 0.745. The highest BCUT2D eigenvalue weighted by atomic mass is 15.2. The summed E-state index contributed by atoms with van der Waals surface area (Å²) < 4.78 is 1.91.